The molecule has 0 radical (unpaired) electrons. The maximum atomic E-state index is 2.37. The first-order valence-electron chi connectivity index (χ1n) is 6.64. The lowest BCUT2D eigenvalue weighted by molar-refractivity contribution is 1.13. The van der Waals surface area contributed by atoms with Gasteiger partial charge < -0.3 is 9.80 Å². The molecule has 1 aliphatic rings. The largest absolute Gasteiger partial charge is 0.378 e. The number of hydrogen-bond acceptors (Lipinski definition) is 5. The summed E-state index contributed by atoms with van der Waals surface area (Å²) in [5.41, 5.74) is 5.04. The van der Waals surface area contributed by atoms with E-state index in [2.05, 4.69) is 71.1 Å². The second kappa shape index (κ2) is 5.09. The van der Waals surface area contributed by atoms with E-state index < -0.39 is 0 Å². The van der Waals surface area contributed by atoms with E-state index in [9.17, 15) is 0 Å². The van der Waals surface area contributed by atoms with Crippen molar-refractivity contribution in [1.29, 1.82) is 0 Å². The number of fused-ring (bicyclic) bond motifs is 2. The van der Waals surface area contributed by atoms with Gasteiger partial charge in [-0.2, -0.15) is 0 Å². The highest BCUT2D eigenvalue weighted by Crippen LogP contribution is 2.55. The molecule has 2 nitrogen and oxygen atoms in total. The molecule has 2 aromatic heterocycles. The van der Waals surface area contributed by atoms with Crippen LogP contribution in [0.25, 0.3) is 0 Å². The average molecular weight is 331 g/mol. The van der Waals surface area contributed by atoms with Crippen molar-refractivity contribution in [2.45, 2.75) is 8.42 Å². The summed E-state index contributed by atoms with van der Waals surface area (Å²) in [6.07, 6.45) is 0. The Labute approximate surface area is 136 Å². The molecule has 0 amide bonds. The van der Waals surface area contributed by atoms with Gasteiger partial charge in [0.05, 0.1) is 19.8 Å². The lowest BCUT2D eigenvalue weighted by Crippen LogP contribution is -2.13. The molecular weight excluding hydrogens is 316 g/mol. The summed E-state index contributed by atoms with van der Waals surface area (Å²) in [5.74, 6) is 0. The molecule has 0 saturated carbocycles. The van der Waals surface area contributed by atoms with Crippen molar-refractivity contribution in [3.63, 3.8) is 0 Å². The second-order valence-corrected chi connectivity index (χ2v) is 8.40. The van der Waals surface area contributed by atoms with Gasteiger partial charge in [-0.05, 0) is 47.2 Å². The third kappa shape index (κ3) is 2.16. The van der Waals surface area contributed by atoms with Crippen LogP contribution in [0.2, 0.25) is 0 Å². The van der Waals surface area contributed by atoms with Gasteiger partial charge in [0.2, 0.25) is 0 Å². The van der Waals surface area contributed by atoms with Crippen LogP contribution in [0, 0.1) is 0 Å². The van der Waals surface area contributed by atoms with Crippen molar-refractivity contribution >= 4 is 57.2 Å². The highest BCUT2D eigenvalue weighted by molar-refractivity contribution is 8.03. The second-order valence-electron chi connectivity index (χ2n) is 5.03. The van der Waals surface area contributed by atoms with Crippen LogP contribution in [0.5, 0.6) is 0 Å². The Hall–Kier alpha value is -1.43. The van der Waals surface area contributed by atoms with E-state index in [0.717, 1.165) is 0 Å². The first-order chi connectivity index (χ1) is 10.2. The van der Waals surface area contributed by atoms with Gasteiger partial charge in [-0.15, -0.1) is 22.7 Å². The molecule has 0 atom stereocenters. The molecule has 106 valence electrons. The Morgan fingerprint density at radius 2 is 1.38 bits per heavy atom. The maximum Gasteiger partial charge on any atom is 0.0896 e. The lowest BCUT2D eigenvalue weighted by atomic mass is 10.2. The molecule has 0 spiro atoms. The van der Waals surface area contributed by atoms with E-state index in [1.807, 2.05) is 34.4 Å². The van der Waals surface area contributed by atoms with Crippen LogP contribution >= 0.6 is 34.4 Å². The van der Waals surface area contributed by atoms with E-state index >= 15 is 0 Å². The molecular formula is C16H14N2S3. The molecule has 3 aromatic rings. The van der Waals surface area contributed by atoms with Crippen molar-refractivity contribution in [3.05, 3.63) is 47.2 Å². The van der Waals surface area contributed by atoms with Crippen molar-refractivity contribution in [1.82, 2.24) is 0 Å². The topological polar surface area (TPSA) is 6.48 Å². The smallest absolute Gasteiger partial charge is 0.0896 e. The van der Waals surface area contributed by atoms with Gasteiger partial charge in [0, 0.05) is 25.5 Å². The fourth-order valence-corrected chi connectivity index (χ4v) is 5.73. The summed E-state index contributed by atoms with van der Waals surface area (Å²) >= 11 is 5.53. The van der Waals surface area contributed by atoms with E-state index in [1.165, 1.54) is 31.2 Å². The van der Waals surface area contributed by atoms with E-state index in [4.69, 9.17) is 0 Å². The molecule has 0 aliphatic carbocycles. The Morgan fingerprint density at radius 3 is 1.90 bits per heavy atom. The summed E-state index contributed by atoms with van der Waals surface area (Å²) in [5, 5.41) is 4.35. The summed E-state index contributed by atoms with van der Waals surface area (Å²) in [6, 6.07) is 13.2. The summed E-state index contributed by atoms with van der Waals surface area (Å²) in [4.78, 5) is 4.50. The molecule has 0 bridgehead atoms. The van der Waals surface area contributed by atoms with E-state index in [1.54, 1.807) is 0 Å². The number of rotatable bonds is 2. The van der Waals surface area contributed by atoms with Crippen LogP contribution in [0.15, 0.2) is 55.6 Å². The van der Waals surface area contributed by atoms with Crippen molar-refractivity contribution in [2.75, 3.05) is 23.9 Å². The minimum Gasteiger partial charge on any atom is -0.378 e. The quantitative estimate of drug-likeness (QED) is 0.458. The number of hydrogen-bond donors (Lipinski definition) is 0. The number of benzene rings is 1. The number of anilines is 4. The molecule has 0 saturated heterocycles. The fourth-order valence-electron chi connectivity index (χ4n) is 2.45. The molecule has 5 heteroatoms. The Bertz CT molecular complexity index is 731. The maximum absolute atomic E-state index is 2.37. The molecule has 1 aliphatic heterocycles. The standard InChI is InChI=1S/C16H14N2S3/c1-17(2)11-3-5-12(6-4-11)18-13-7-9-19-15(13)21-16-14(18)8-10-20-16/h3-10H,1-2H3. The average Bonchev–Trinajstić information content (AvgIpc) is 3.12. The highest BCUT2D eigenvalue weighted by Gasteiger charge is 2.26. The molecule has 0 N–H and O–H groups in total. The first kappa shape index (κ1) is 13.2. The van der Waals surface area contributed by atoms with Gasteiger partial charge in [0.15, 0.2) is 0 Å². The molecule has 0 fully saturated rings. The van der Waals surface area contributed by atoms with Crippen molar-refractivity contribution in [3.8, 4) is 0 Å². The number of thiophene rings is 2. The van der Waals surface area contributed by atoms with Crippen molar-refractivity contribution in [2.24, 2.45) is 0 Å². The summed E-state index contributed by atoms with van der Waals surface area (Å²) in [6.45, 7) is 0. The normalized spacial score (nSPS) is 13.0. The third-order valence-corrected chi connectivity index (χ3v) is 6.77. The SMILES string of the molecule is CN(C)c1ccc(N2c3ccsc3Sc3sccc32)cc1. The van der Waals surface area contributed by atoms with Crippen molar-refractivity contribution < 1.29 is 0 Å². The zero-order valence-corrected chi connectivity index (χ0v) is 14.2. The third-order valence-electron chi connectivity index (χ3n) is 3.51. The number of nitrogens with zero attached hydrogens (tertiary/aromatic N) is 2. The van der Waals surface area contributed by atoms with Crippen LogP contribution in [-0.4, -0.2) is 14.1 Å². The van der Waals surface area contributed by atoms with Gasteiger partial charge in [0.1, 0.15) is 0 Å². The minimum absolute atomic E-state index is 1.22. The molecule has 1 aromatic carbocycles. The van der Waals surface area contributed by atoms with Gasteiger partial charge in [0.25, 0.3) is 0 Å². The lowest BCUT2D eigenvalue weighted by Gasteiger charge is -2.29. The minimum atomic E-state index is 1.22. The zero-order valence-electron chi connectivity index (χ0n) is 11.7. The predicted molar refractivity (Wildman–Crippen MR) is 95.3 cm³/mol. The van der Waals surface area contributed by atoms with Crippen LogP contribution in [-0.2, 0) is 0 Å². The molecule has 4 rings (SSSR count). The molecule has 3 heterocycles. The molecule has 0 unspecified atom stereocenters. The zero-order chi connectivity index (χ0) is 14.4. The Kier molecular flexibility index (Phi) is 3.21. The fraction of sp³-hybridized carbons (Fsp3) is 0.125. The van der Waals surface area contributed by atoms with Crippen LogP contribution in [0.3, 0.4) is 0 Å². The highest BCUT2D eigenvalue weighted by atomic mass is 32.2. The van der Waals surface area contributed by atoms with Crippen LogP contribution in [0.1, 0.15) is 0 Å². The van der Waals surface area contributed by atoms with E-state index in [-0.39, 0.29) is 0 Å². The monoisotopic (exact) mass is 330 g/mol. The predicted octanol–water partition coefficient (Wildman–Crippen LogP) is 5.81. The van der Waals surface area contributed by atoms with E-state index in [0.29, 0.717) is 0 Å². The first-order valence-corrected chi connectivity index (χ1v) is 9.22. The Balaban J connectivity index is 1.83. The molecule has 21 heavy (non-hydrogen) atoms. The van der Waals surface area contributed by atoms with Gasteiger partial charge in [-0.25, -0.2) is 0 Å². The summed E-state index contributed by atoms with van der Waals surface area (Å²) in [7, 11) is 4.14. The Morgan fingerprint density at radius 1 is 0.810 bits per heavy atom. The van der Waals surface area contributed by atoms with Crippen LogP contribution < -0.4 is 9.80 Å². The summed E-state index contributed by atoms with van der Waals surface area (Å²) < 4.78 is 2.75. The van der Waals surface area contributed by atoms with Crippen LogP contribution in [0.4, 0.5) is 22.7 Å². The van der Waals surface area contributed by atoms with Gasteiger partial charge in [-0.3, -0.25) is 0 Å². The van der Waals surface area contributed by atoms with Gasteiger partial charge >= 0.3 is 0 Å². The van der Waals surface area contributed by atoms with Gasteiger partial charge in [-0.1, -0.05) is 11.8 Å².